The molecule has 3 rings (SSSR count). The van der Waals surface area contributed by atoms with Crippen molar-refractivity contribution in [3.63, 3.8) is 0 Å². The van der Waals surface area contributed by atoms with Gasteiger partial charge in [-0.2, -0.15) is 0 Å². The Kier molecular flexibility index (Phi) is 7.79. The summed E-state index contributed by atoms with van der Waals surface area (Å²) in [4.78, 5) is 29.7. The molecule has 2 N–H and O–H groups in total. The van der Waals surface area contributed by atoms with Gasteiger partial charge in [0, 0.05) is 51.0 Å². The first-order valence-electron chi connectivity index (χ1n) is 10.8. The summed E-state index contributed by atoms with van der Waals surface area (Å²) in [5.41, 5.74) is 5.34. The van der Waals surface area contributed by atoms with Crippen LogP contribution in [0.2, 0.25) is 0 Å². The maximum absolute atomic E-state index is 13.2. The van der Waals surface area contributed by atoms with E-state index >= 15 is 0 Å². The molecular formula is C21H38ClN3O3. The average Bonchev–Trinajstić information content (AvgIpc) is 3.02. The van der Waals surface area contributed by atoms with Gasteiger partial charge in [-0.3, -0.25) is 9.59 Å². The van der Waals surface area contributed by atoms with Gasteiger partial charge < -0.3 is 20.3 Å². The van der Waals surface area contributed by atoms with Crippen molar-refractivity contribution < 1.29 is 14.3 Å². The zero-order valence-electron chi connectivity index (χ0n) is 17.7. The number of nitrogens with two attached hydrogens (primary N) is 1. The van der Waals surface area contributed by atoms with Crippen molar-refractivity contribution >= 4 is 24.2 Å². The fraction of sp³-hybridized carbons (Fsp3) is 0.905. The van der Waals surface area contributed by atoms with E-state index in [2.05, 4.69) is 0 Å². The van der Waals surface area contributed by atoms with Gasteiger partial charge in [-0.05, 0) is 32.1 Å². The predicted molar refractivity (Wildman–Crippen MR) is 112 cm³/mol. The first-order chi connectivity index (χ1) is 12.8. The van der Waals surface area contributed by atoms with Crippen LogP contribution in [0.3, 0.4) is 0 Å². The molecule has 28 heavy (non-hydrogen) atoms. The SMILES string of the molecule is CCOC1CC(N)(C(=O)N2CCCN(C(=O)CC3CCCC3)CC2)C1(C)C.Cl. The third kappa shape index (κ3) is 4.34. The minimum absolute atomic E-state index is 0. The van der Waals surface area contributed by atoms with Gasteiger partial charge in [0.1, 0.15) is 5.54 Å². The summed E-state index contributed by atoms with van der Waals surface area (Å²) < 4.78 is 5.76. The highest BCUT2D eigenvalue weighted by Gasteiger charge is 2.63. The maximum atomic E-state index is 13.2. The average molecular weight is 416 g/mol. The van der Waals surface area contributed by atoms with Crippen LogP contribution < -0.4 is 5.73 Å². The van der Waals surface area contributed by atoms with E-state index in [1.807, 2.05) is 30.6 Å². The molecule has 3 aliphatic rings. The second-order valence-corrected chi connectivity index (χ2v) is 9.22. The highest BCUT2D eigenvalue weighted by atomic mass is 35.5. The normalized spacial score (nSPS) is 30.4. The van der Waals surface area contributed by atoms with Gasteiger partial charge >= 0.3 is 0 Å². The van der Waals surface area contributed by atoms with Crippen LogP contribution in [0, 0.1) is 11.3 Å². The van der Waals surface area contributed by atoms with Crippen LogP contribution in [0.15, 0.2) is 0 Å². The van der Waals surface area contributed by atoms with Gasteiger partial charge in [-0.15, -0.1) is 12.4 Å². The first-order valence-corrected chi connectivity index (χ1v) is 10.8. The second-order valence-electron chi connectivity index (χ2n) is 9.22. The van der Waals surface area contributed by atoms with Gasteiger partial charge in [0.05, 0.1) is 6.10 Å². The van der Waals surface area contributed by atoms with Gasteiger partial charge in [0.25, 0.3) is 0 Å². The maximum Gasteiger partial charge on any atom is 0.243 e. The van der Waals surface area contributed by atoms with E-state index in [4.69, 9.17) is 10.5 Å². The van der Waals surface area contributed by atoms with Crippen LogP contribution in [0.5, 0.6) is 0 Å². The number of hydrogen-bond acceptors (Lipinski definition) is 4. The molecule has 3 fully saturated rings. The van der Waals surface area contributed by atoms with E-state index in [0.717, 1.165) is 13.0 Å². The number of rotatable bonds is 5. The van der Waals surface area contributed by atoms with Crippen LogP contribution >= 0.6 is 12.4 Å². The van der Waals surface area contributed by atoms with Gasteiger partial charge in [-0.1, -0.05) is 26.7 Å². The minimum atomic E-state index is -0.865. The number of hydrogen-bond donors (Lipinski definition) is 1. The van der Waals surface area contributed by atoms with Crippen LogP contribution in [-0.2, 0) is 14.3 Å². The van der Waals surface area contributed by atoms with Crippen LogP contribution in [0.1, 0.15) is 65.7 Å². The Labute approximate surface area is 175 Å². The Morgan fingerprint density at radius 2 is 1.64 bits per heavy atom. The second kappa shape index (κ2) is 9.31. The van der Waals surface area contributed by atoms with E-state index in [0.29, 0.717) is 45.0 Å². The van der Waals surface area contributed by atoms with E-state index in [-0.39, 0.29) is 35.7 Å². The lowest BCUT2D eigenvalue weighted by atomic mass is 9.54. The summed E-state index contributed by atoms with van der Waals surface area (Å²) in [5, 5.41) is 0. The number of nitrogens with zero attached hydrogens (tertiary/aromatic N) is 2. The Hall–Kier alpha value is -0.850. The molecule has 0 aromatic carbocycles. The Morgan fingerprint density at radius 3 is 2.25 bits per heavy atom. The molecule has 0 aromatic heterocycles. The molecule has 1 saturated heterocycles. The zero-order chi connectivity index (χ0) is 19.7. The quantitative estimate of drug-likeness (QED) is 0.748. The first kappa shape index (κ1) is 23.4. The summed E-state index contributed by atoms with van der Waals surface area (Å²) in [5.74, 6) is 0.852. The van der Waals surface area contributed by atoms with E-state index in [1.54, 1.807) is 0 Å². The molecule has 162 valence electrons. The lowest BCUT2D eigenvalue weighted by Crippen LogP contribution is -2.76. The molecule has 2 aliphatic carbocycles. The molecule has 0 aromatic rings. The van der Waals surface area contributed by atoms with Crippen molar-refractivity contribution in [2.75, 3.05) is 32.8 Å². The molecule has 0 bridgehead atoms. The Bertz CT molecular complexity index is 565. The summed E-state index contributed by atoms with van der Waals surface area (Å²) in [7, 11) is 0. The Balaban J connectivity index is 0.00000280. The summed E-state index contributed by atoms with van der Waals surface area (Å²) in [6.45, 7) is 9.32. The van der Waals surface area contributed by atoms with Crippen LogP contribution in [0.25, 0.3) is 0 Å². The lowest BCUT2D eigenvalue weighted by molar-refractivity contribution is -0.179. The lowest BCUT2D eigenvalue weighted by Gasteiger charge is -2.58. The minimum Gasteiger partial charge on any atom is -0.378 e. The van der Waals surface area contributed by atoms with Crippen molar-refractivity contribution in [2.45, 2.75) is 77.4 Å². The monoisotopic (exact) mass is 415 g/mol. The van der Waals surface area contributed by atoms with Crippen molar-refractivity contribution in [1.82, 2.24) is 9.80 Å². The molecule has 1 aliphatic heterocycles. The van der Waals surface area contributed by atoms with Crippen LogP contribution in [-0.4, -0.2) is 66.0 Å². The number of halogens is 1. The number of ether oxygens (including phenoxy) is 1. The molecular weight excluding hydrogens is 378 g/mol. The predicted octanol–water partition coefficient (Wildman–Crippen LogP) is 2.58. The van der Waals surface area contributed by atoms with E-state index < -0.39 is 5.54 Å². The number of carbonyl (C=O) groups is 2. The van der Waals surface area contributed by atoms with Crippen molar-refractivity contribution in [2.24, 2.45) is 17.1 Å². The molecule has 6 nitrogen and oxygen atoms in total. The van der Waals surface area contributed by atoms with Gasteiger partial charge in [-0.25, -0.2) is 0 Å². The molecule has 2 amide bonds. The van der Waals surface area contributed by atoms with Crippen molar-refractivity contribution in [3.8, 4) is 0 Å². The largest absolute Gasteiger partial charge is 0.378 e. The summed E-state index contributed by atoms with van der Waals surface area (Å²) in [6.07, 6.45) is 7.02. The fourth-order valence-corrected chi connectivity index (χ4v) is 5.04. The van der Waals surface area contributed by atoms with E-state index in [9.17, 15) is 9.59 Å². The zero-order valence-corrected chi connectivity index (χ0v) is 18.6. The molecule has 7 heteroatoms. The highest BCUT2D eigenvalue weighted by Crippen LogP contribution is 2.50. The van der Waals surface area contributed by atoms with Gasteiger partial charge in [0.15, 0.2) is 0 Å². The fourth-order valence-electron chi connectivity index (χ4n) is 5.04. The third-order valence-corrected chi connectivity index (χ3v) is 7.29. The van der Waals surface area contributed by atoms with E-state index in [1.165, 1.54) is 25.7 Å². The standard InChI is InChI=1S/C21H37N3O3.ClH/c1-4-27-17-15-21(22,20(17,2)3)19(26)24-11-7-10-23(12-13-24)18(25)14-16-8-5-6-9-16;/h16-17H,4-15,22H2,1-3H3;1H. The smallest absolute Gasteiger partial charge is 0.243 e. The molecule has 2 unspecified atom stereocenters. The van der Waals surface area contributed by atoms with Gasteiger partial charge in [0.2, 0.25) is 11.8 Å². The molecule has 1 heterocycles. The molecule has 2 saturated carbocycles. The topological polar surface area (TPSA) is 75.9 Å². The number of carbonyl (C=O) groups excluding carboxylic acids is 2. The molecule has 0 radical (unpaired) electrons. The van der Waals surface area contributed by atoms with Crippen molar-refractivity contribution in [3.05, 3.63) is 0 Å². The summed E-state index contributed by atoms with van der Waals surface area (Å²) in [6, 6.07) is 0. The number of amides is 2. The van der Waals surface area contributed by atoms with Crippen LogP contribution in [0.4, 0.5) is 0 Å². The third-order valence-electron chi connectivity index (χ3n) is 7.29. The molecule has 2 atom stereocenters. The summed E-state index contributed by atoms with van der Waals surface area (Å²) >= 11 is 0. The highest BCUT2D eigenvalue weighted by molar-refractivity contribution is 5.89. The van der Waals surface area contributed by atoms with Crippen molar-refractivity contribution in [1.29, 1.82) is 0 Å². The Morgan fingerprint density at radius 1 is 1.04 bits per heavy atom. The molecule has 0 spiro atoms.